The van der Waals surface area contributed by atoms with Crippen LogP contribution < -0.4 is 0 Å². The van der Waals surface area contributed by atoms with Crippen LogP contribution in [0.5, 0.6) is 0 Å². The Morgan fingerprint density at radius 3 is 2.69 bits per heavy atom. The molecule has 0 spiro atoms. The fourth-order valence-corrected chi connectivity index (χ4v) is 1.59. The molecule has 0 saturated carbocycles. The Labute approximate surface area is 79.7 Å². The number of aliphatic hydroxyl groups excluding tert-OH is 1. The van der Waals surface area contributed by atoms with Crippen molar-refractivity contribution in [2.75, 3.05) is 13.1 Å². The van der Waals surface area contributed by atoms with E-state index in [4.69, 9.17) is 0 Å². The van der Waals surface area contributed by atoms with E-state index in [1.165, 1.54) is 0 Å². The molecule has 3 nitrogen and oxygen atoms in total. The van der Waals surface area contributed by atoms with E-state index in [0.717, 1.165) is 13.0 Å². The van der Waals surface area contributed by atoms with Gasteiger partial charge in [0.05, 0.1) is 6.10 Å². The first kappa shape index (κ1) is 10.5. The summed E-state index contributed by atoms with van der Waals surface area (Å²) < 4.78 is 0. The number of carbonyl (C=O) groups excluding carboxylic acids is 1. The quantitative estimate of drug-likeness (QED) is 0.662. The molecule has 1 amide bonds. The van der Waals surface area contributed by atoms with E-state index in [1.54, 1.807) is 4.90 Å². The van der Waals surface area contributed by atoms with Gasteiger partial charge in [0.2, 0.25) is 5.91 Å². The summed E-state index contributed by atoms with van der Waals surface area (Å²) in [6.45, 7) is 7.24. The van der Waals surface area contributed by atoms with Crippen molar-refractivity contribution in [1.29, 1.82) is 0 Å². The fourth-order valence-electron chi connectivity index (χ4n) is 1.59. The summed E-state index contributed by atoms with van der Waals surface area (Å²) in [7, 11) is 0. The Morgan fingerprint density at radius 1 is 1.62 bits per heavy atom. The minimum absolute atomic E-state index is 0.0372. The highest BCUT2D eigenvalue weighted by molar-refractivity contribution is 5.75. The third-order valence-electron chi connectivity index (χ3n) is 2.98. The highest BCUT2D eigenvalue weighted by Gasteiger charge is 2.35. The zero-order valence-electron chi connectivity index (χ0n) is 8.71. The smallest absolute Gasteiger partial charge is 0.222 e. The number of piperidine rings is 1. The highest BCUT2D eigenvalue weighted by atomic mass is 16.3. The monoisotopic (exact) mass is 185 g/mol. The second kappa shape index (κ2) is 3.66. The molecule has 13 heavy (non-hydrogen) atoms. The van der Waals surface area contributed by atoms with E-state index in [2.05, 4.69) is 0 Å². The Bertz CT molecular complexity index is 201. The summed E-state index contributed by atoms with van der Waals surface area (Å²) in [6.07, 6.45) is 1.05. The van der Waals surface area contributed by atoms with Gasteiger partial charge < -0.3 is 10.0 Å². The zero-order chi connectivity index (χ0) is 10.1. The molecule has 0 radical (unpaired) electrons. The molecule has 1 atom stereocenters. The normalized spacial score (nSPS) is 27.4. The molecule has 0 aromatic carbocycles. The first-order valence-electron chi connectivity index (χ1n) is 4.93. The van der Waals surface area contributed by atoms with Crippen LogP contribution in [-0.2, 0) is 4.79 Å². The molecule has 1 aliphatic rings. The van der Waals surface area contributed by atoms with Gasteiger partial charge in [-0.05, 0) is 11.8 Å². The molecule has 1 rings (SSSR count). The van der Waals surface area contributed by atoms with Crippen molar-refractivity contribution < 1.29 is 9.90 Å². The number of β-amino-alcohol motifs (C(OH)–C–C–N with tert-alkyl or cyclic N) is 1. The first-order valence-corrected chi connectivity index (χ1v) is 4.93. The van der Waals surface area contributed by atoms with Crippen LogP contribution in [0.4, 0.5) is 0 Å². The molecule has 1 N–H and O–H groups in total. The molecule has 0 aromatic rings. The van der Waals surface area contributed by atoms with Gasteiger partial charge in [0.1, 0.15) is 0 Å². The molecule has 0 bridgehead atoms. The molecule has 1 aliphatic heterocycles. The van der Waals surface area contributed by atoms with Crippen molar-refractivity contribution in [1.82, 2.24) is 4.90 Å². The summed E-state index contributed by atoms with van der Waals surface area (Å²) in [5.74, 6) is 0.148. The number of nitrogens with zero attached hydrogens (tertiary/aromatic N) is 1. The average Bonchev–Trinajstić information content (AvgIpc) is 2.08. The molecule has 0 aromatic heterocycles. The lowest BCUT2D eigenvalue weighted by Gasteiger charge is -2.41. The van der Waals surface area contributed by atoms with Gasteiger partial charge in [0, 0.05) is 19.5 Å². The number of likely N-dealkylation sites (tertiary alicyclic amines) is 1. The van der Waals surface area contributed by atoms with Gasteiger partial charge in [-0.15, -0.1) is 0 Å². The SMILES string of the molecule is CCC(=O)N1CCC(C)(C)C(O)C1. The summed E-state index contributed by atoms with van der Waals surface area (Å²) in [6, 6.07) is 0. The predicted octanol–water partition coefficient (Wildman–Crippen LogP) is 1.02. The number of rotatable bonds is 1. The number of amides is 1. The molecule has 76 valence electrons. The largest absolute Gasteiger partial charge is 0.391 e. The summed E-state index contributed by atoms with van der Waals surface area (Å²) in [5, 5.41) is 9.76. The summed E-state index contributed by atoms with van der Waals surface area (Å²) >= 11 is 0. The van der Waals surface area contributed by atoms with Crippen molar-refractivity contribution in [3.63, 3.8) is 0 Å². The Hall–Kier alpha value is -0.570. The summed E-state index contributed by atoms with van der Waals surface area (Å²) in [5.41, 5.74) is -0.0372. The topological polar surface area (TPSA) is 40.5 Å². The molecule has 1 unspecified atom stereocenters. The van der Waals surface area contributed by atoms with Crippen LogP contribution in [0.2, 0.25) is 0 Å². The number of hydrogen-bond acceptors (Lipinski definition) is 2. The first-order chi connectivity index (χ1) is 5.97. The maximum atomic E-state index is 11.3. The van der Waals surface area contributed by atoms with Gasteiger partial charge >= 0.3 is 0 Å². The second-order valence-electron chi connectivity index (χ2n) is 4.45. The van der Waals surface area contributed by atoms with Gasteiger partial charge in [-0.1, -0.05) is 20.8 Å². The third-order valence-corrected chi connectivity index (χ3v) is 2.98. The van der Waals surface area contributed by atoms with Gasteiger partial charge in [-0.3, -0.25) is 4.79 Å². The molecular formula is C10H19NO2. The van der Waals surface area contributed by atoms with Crippen LogP contribution in [0, 0.1) is 5.41 Å². The van der Waals surface area contributed by atoms with E-state index in [1.807, 2.05) is 20.8 Å². The number of aliphatic hydroxyl groups is 1. The molecule has 1 heterocycles. The lowest BCUT2D eigenvalue weighted by atomic mass is 9.80. The molecule has 1 fully saturated rings. The Kier molecular flexibility index (Phi) is 2.96. The highest BCUT2D eigenvalue weighted by Crippen LogP contribution is 2.30. The fraction of sp³-hybridized carbons (Fsp3) is 0.900. The minimum atomic E-state index is -0.378. The van der Waals surface area contributed by atoms with Crippen LogP contribution in [0.3, 0.4) is 0 Å². The van der Waals surface area contributed by atoms with Crippen LogP contribution in [0.1, 0.15) is 33.6 Å². The van der Waals surface area contributed by atoms with Crippen LogP contribution in [0.15, 0.2) is 0 Å². The van der Waals surface area contributed by atoms with Crippen LogP contribution in [0.25, 0.3) is 0 Å². The van der Waals surface area contributed by atoms with Gasteiger partial charge in [0.25, 0.3) is 0 Å². The van der Waals surface area contributed by atoms with E-state index >= 15 is 0 Å². The number of carbonyl (C=O) groups is 1. The van der Waals surface area contributed by atoms with Crippen molar-refractivity contribution in [3.8, 4) is 0 Å². The van der Waals surface area contributed by atoms with Crippen LogP contribution >= 0.6 is 0 Å². The van der Waals surface area contributed by atoms with Crippen LogP contribution in [-0.4, -0.2) is 35.1 Å². The van der Waals surface area contributed by atoms with Gasteiger partial charge in [0.15, 0.2) is 0 Å². The Morgan fingerprint density at radius 2 is 2.23 bits per heavy atom. The minimum Gasteiger partial charge on any atom is -0.391 e. The summed E-state index contributed by atoms with van der Waals surface area (Å²) in [4.78, 5) is 13.1. The average molecular weight is 185 g/mol. The van der Waals surface area contributed by atoms with Gasteiger partial charge in [-0.25, -0.2) is 0 Å². The second-order valence-corrected chi connectivity index (χ2v) is 4.45. The van der Waals surface area contributed by atoms with Crippen molar-refractivity contribution in [2.24, 2.45) is 5.41 Å². The molecule has 0 aliphatic carbocycles. The van der Waals surface area contributed by atoms with E-state index < -0.39 is 0 Å². The van der Waals surface area contributed by atoms with E-state index in [-0.39, 0.29) is 17.4 Å². The standard InChI is InChI=1S/C10H19NO2/c1-4-9(13)11-6-5-10(2,3)8(12)7-11/h8,12H,4-7H2,1-3H3. The van der Waals surface area contributed by atoms with Crippen molar-refractivity contribution in [3.05, 3.63) is 0 Å². The Balaban J connectivity index is 2.56. The lowest BCUT2D eigenvalue weighted by Crippen LogP contribution is -2.50. The lowest BCUT2D eigenvalue weighted by molar-refractivity contribution is -0.137. The maximum Gasteiger partial charge on any atom is 0.222 e. The number of hydrogen-bond donors (Lipinski definition) is 1. The van der Waals surface area contributed by atoms with E-state index in [9.17, 15) is 9.90 Å². The van der Waals surface area contributed by atoms with Gasteiger partial charge in [-0.2, -0.15) is 0 Å². The molecular weight excluding hydrogens is 166 g/mol. The van der Waals surface area contributed by atoms with E-state index in [0.29, 0.717) is 13.0 Å². The zero-order valence-corrected chi connectivity index (χ0v) is 8.71. The predicted molar refractivity (Wildman–Crippen MR) is 51.3 cm³/mol. The van der Waals surface area contributed by atoms with Crippen molar-refractivity contribution in [2.45, 2.75) is 39.7 Å². The molecule has 3 heteroatoms. The maximum absolute atomic E-state index is 11.3. The third kappa shape index (κ3) is 2.21. The molecule has 1 saturated heterocycles. The van der Waals surface area contributed by atoms with Crippen molar-refractivity contribution >= 4 is 5.91 Å².